The van der Waals surface area contributed by atoms with Crippen molar-refractivity contribution < 1.29 is 38.0 Å². The monoisotopic (exact) mass is 738 g/mol. The van der Waals surface area contributed by atoms with Gasteiger partial charge in [0.15, 0.2) is 0 Å². The quantitative estimate of drug-likeness (QED) is 0.118. The van der Waals surface area contributed by atoms with Gasteiger partial charge in [-0.2, -0.15) is 0 Å². The average molecular weight is 739 g/mol. The number of aromatic amines is 1. The lowest BCUT2D eigenvalue weighted by Crippen LogP contribution is -2.54. The molecule has 16 heteroatoms. The van der Waals surface area contributed by atoms with Gasteiger partial charge in [0.25, 0.3) is 23.6 Å². The number of rotatable bonds is 10. The van der Waals surface area contributed by atoms with Crippen LogP contribution < -0.4 is 21.3 Å². The summed E-state index contributed by atoms with van der Waals surface area (Å²) in [6.45, 7) is 6.90. The molecule has 54 heavy (non-hydrogen) atoms. The lowest BCUT2D eigenvalue weighted by Gasteiger charge is -2.35. The van der Waals surface area contributed by atoms with Crippen molar-refractivity contribution in [2.75, 3.05) is 56.4 Å². The second kappa shape index (κ2) is 14.7. The van der Waals surface area contributed by atoms with Gasteiger partial charge in [-0.05, 0) is 75.2 Å². The first-order chi connectivity index (χ1) is 25.9. The lowest BCUT2D eigenvalue weighted by molar-refractivity contribution is -0.136. The fraction of sp³-hybridized carbons (Fsp3) is 0.342. The summed E-state index contributed by atoms with van der Waals surface area (Å²) in [4.78, 5) is 97.4. The van der Waals surface area contributed by atoms with Gasteiger partial charge in [0.05, 0.1) is 28.8 Å². The number of halogens is 1. The van der Waals surface area contributed by atoms with Gasteiger partial charge in [-0.25, -0.2) is 4.39 Å². The van der Waals surface area contributed by atoms with Crippen LogP contribution in [0.15, 0.2) is 36.4 Å². The zero-order valence-corrected chi connectivity index (χ0v) is 29.8. The molecule has 2 aromatic carbocycles. The minimum absolute atomic E-state index is 0.0210. The fourth-order valence-electron chi connectivity index (χ4n) is 7.47. The molecule has 0 saturated carbocycles. The molecule has 3 aromatic rings. The van der Waals surface area contributed by atoms with Crippen molar-refractivity contribution in [1.29, 1.82) is 0 Å². The Hall–Kier alpha value is -6.16. The third-order valence-electron chi connectivity index (χ3n) is 10.3. The minimum atomic E-state index is -1.08. The Labute approximate surface area is 309 Å². The first-order valence-corrected chi connectivity index (χ1v) is 17.8. The summed E-state index contributed by atoms with van der Waals surface area (Å²) in [6, 6.07) is 7.73. The van der Waals surface area contributed by atoms with Crippen LogP contribution in [0.25, 0.3) is 11.6 Å². The molecule has 2 fully saturated rings. The number of nitrogens with one attached hydrogen (secondary N) is 5. The Bertz CT molecular complexity index is 2150. The molecule has 7 rings (SSSR count). The molecule has 0 bridgehead atoms. The molecular weight excluding hydrogens is 699 g/mol. The first-order valence-electron chi connectivity index (χ1n) is 17.8. The number of H-pyrrole nitrogens is 1. The van der Waals surface area contributed by atoms with Gasteiger partial charge < -0.3 is 25.8 Å². The Morgan fingerprint density at radius 3 is 2.50 bits per heavy atom. The molecular formula is C38H39FN8O7. The van der Waals surface area contributed by atoms with Crippen molar-refractivity contribution in [3.8, 4) is 0 Å². The maximum absolute atomic E-state index is 13.9. The molecule has 5 N–H and O–H groups in total. The molecule has 1 atom stereocenters. The Kier molecular flexibility index (Phi) is 9.85. The normalized spacial score (nSPS) is 19.2. The van der Waals surface area contributed by atoms with E-state index in [-0.39, 0.29) is 48.2 Å². The molecule has 0 spiro atoms. The smallest absolute Gasteiger partial charge is 0.264 e. The van der Waals surface area contributed by atoms with Gasteiger partial charge >= 0.3 is 0 Å². The first kappa shape index (κ1) is 36.2. The topological polar surface area (TPSA) is 193 Å². The summed E-state index contributed by atoms with van der Waals surface area (Å²) in [5.41, 5.74) is 4.26. The van der Waals surface area contributed by atoms with Crippen molar-refractivity contribution >= 4 is 64.4 Å². The summed E-state index contributed by atoms with van der Waals surface area (Å²) in [7, 11) is 0. The Morgan fingerprint density at radius 2 is 1.74 bits per heavy atom. The van der Waals surface area contributed by atoms with E-state index in [1.807, 2.05) is 0 Å². The highest BCUT2D eigenvalue weighted by Crippen LogP contribution is 2.35. The molecule has 4 aliphatic heterocycles. The molecule has 280 valence electrons. The zero-order chi connectivity index (χ0) is 38.3. The number of benzene rings is 2. The van der Waals surface area contributed by atoms with Gasteiger partial charge in [0.2, 0.25) is 17.7 Å². The highest BCUT2D eigenvalue weighted by Gasteiger charge is 2.45. The molecule has 0 radical (unpaired) electrons. The average Bonchev–Trinajstić information content (AvgIpc) is 3.71. The van der Waals surface area contributed by atoms with Crippen LogP contribution in [0.1, 0.15) is 72.9 Å². The highest BCUT2D eigenvalue weighted by atomic mass is 19.1. The number of hydrogen-bond acceptors (Lipinski definition) is 9. The standard InChI is InChI=1S/C38H39FN8O7/c1-20-28(18-25-24-17-22(39)7-8-26(24)43-34(25)50)42-21(2)32(20)36(52)40-11-4-12-45-13-15-46(16-14-45)31(49)19-41-27-6-3-5-23-33(27)38(54)47(37(23)53)29-9-10-30(48)44-35(29)51/h3,5-8,17-18,29,41-42H,4,9-16,19H2,1-2H3,(H,40,52)(H,43,50)(H,44,48,51)/b25-18-. The van der Waals surface area contributed by atoms with Gasteiger partial charge in [-0.15, -0.1) is 0 Å². The molecule has 4 aliphatic rings. The van der Waals surface area contributed by atoms with Crippen molar-refractivity contribution in [1.82, 2.24) is 30.3 Å². The van der Waals surface area contributed by atoms with Crippen molar-refractivity contribution in [2.45, 2.75) is 39.2 Å². The summed E-state index contributed by atoms with van der Waals surface area (Å²) in [5, 5.41) is 10.9. The largest absolute Gasteiger partial charge is 0.375 e. The maximum atomic E-state index is 13.9. The predicted molar refractivity (Wildman–Crippen MR) is 195 cm³/mol. The van der Waals surface area contributed by atoms with Gasteiger partial charge in [0, 0.05) is 67.5 Å². The van der Waals surface area contributed by atoms with Gasteiger partial charge in [-0.1, -0.05) is 6.07 Å². The van der Waals surface area contributed by atoms with E-state index in [0.717, 1.165) is 4.90 Å². The van der Waals surface area contributed by atoms with E-state index in [1.54, 1.807) is 37.0 Å². The number of carbonyl (C=O) groups excluding carboxylic acids is 7. The van der Waals surface area contributed by atoms with Crippen molar-refractivity contribution in [2.24, 2.45) is 0 Å². The van der Waals surface area contributed by atoms with Crippen LogP contribution >= 0.6 is 0 Å². The van der Waals surface area contributed by atoms with Crippen LogP contribution in [-0.2, 0) is 19.2 Å². The third-order valence-corrected chi connectivity index (χ3v) is 10.3. The number of amides is 7. The van der Waals surface area contributed by atoms with Crippen molar-refractivity contribution in [3.05, 3.63) is 81.4 Å². The maximum Gasteiger partial charge on any atom is 0.264 e. The highest BCUT2D eigenvalue weighted by molar-refractivity contribution is 6.35. The summed E-state index contributed by atoms with van der Waals surface area (Å²) in [5.74, 6) is -3.61. The molecule has 1 aromatic heterocycles. The molecule has 2 saturated heterocycles. The Balaban J connectivity index is 0.865. The van der Waals surface area contributed by atoms with Crippen LogP contribution in [0.4, 0.5) is 15.8 Å². The SMILES string of the molecule is Cc1[nH]c(/C=C2\C(=O)Nc3ccc(F)cc32)c(C)c1C(=O)NCCCN1CCN(C(=O)CNc2cccc3c2C(=O)N(C2CCC(=O)NC2=O)C3=O)CC1. The second-order valence-corrected chi connectivity index (χ2v) is 13.7. The molecule has 1 unspecified atom stereocenters. The second-order valence-electron chi connectivity index (χ2n) is 13.7. The van der Waals surface area contributed by atoms with E-state index in [9.17, 15) is 38.0 Å². The van der Waals surface area contributed by atoms with E-state index < -0.39 is 35.5 Å². The van der Waals surface area contributed by atoms with Crippen LogP contribution in [0, 0.1) is 19.7 Å². The molecule has 7 amide bonds. The minimum Gasteiger partial charge on any atom is -0.375 e. The molecule has 5 heterocycles. The number of aryl methyl sites for hydroxylation is 1. The van der Waals surface area contributed by atoms with Gasteiger partial charge in [0.1, 0.15) is 11.9 Å². The van der Waals surface area contributed by atoms with Crippen LogP contribution in [0.2, 0.25) is 0 Å². The van der Waals surface area contributed by atoms with E-state index in [0.29, 0.717) is 90.7 Å². The van der Waals surface area contributed by atoms with Gasteiger partial charge in [-0.3, -0.25) is 48.7 Å². The Morgan fingerprint density at radius 1 is 0.963 bits per heavy atom. The number of aromatic nitrogens is 1. The number of fused-ring (bicyclic) bond motifs is 2. The lowest BCUT2D eigenvalue weighted by atomic mass is 10.0. The number of anilines is 2. The third kappa shape index (κ3) is 6.87. The zero-order valence-electron chi connectivity index (χ0n) is 29.8. The van der Waals surface area contributed by atoms with E-state index in [4.69, 9.17) is 0 Å². The van der Waals surface area contributed by atoms with E-state index in [1.165, 1.54) is 24.3 Å². The number of imide groups is 2. The number of piperazine rings is 1. The number of carbonyl (C=O) groups is 7. The van der Waals surface area contributed by atoms with Crippen LogP contribution in [0.5, 0.6) is 0 Å². The molecule has 0 aliphatic carbocycles. The molecule has 15 nitrogen and oxygen atoms in total. The number of hydrogen-bond donors (Lipinski definition) is 5. The van der Waals surface area contributed by atoms with Crippen LogP contribution in [-0.4, -0.2) is 113 Å². The predicted octanol–water partition coefficient (Wildman–Crippen LogP) is 2.04. The van der Waals surface area contributed by atoms with Crippen molar-refractivity contribution in [3.63, 3.8) is 0 Å². The number of piperidine rings is 1. The van der Waals surface area contributed by atoms with E-state index >= 15 is 0 Å². The fourth-order valence-corrected chi connectivity index (χ4v) is 7.47. The van der Waals surface area contributed by atoms with E-state index in [2.05, 4.69) is 31.2 Å². The summed E-state index contributed by atoms with van der Waals surface area (Å²) >= 11 is 0. The summed E-state index contributed by atoms with van der Waals surface area (Å²) in [6.07, 6.45) is 2.39. The number of nitrogens with zero attached hydrogens (tertiary/aromatic N) is 3. The summed E-state index contributed by atoms with van der Waals surface area (Å²) < 4.78 is 13.9. The van der Waals surface area contributed by atoms with Crippen LogP contribution in [0.3, 0.4) is 0 Å².